The number of sulfonamides is 1. The fraction of sp³-hybridized carbons (Fsp3) is 0.400. The SMILES string of the molecule is NS(=O)(=O)c1cc(F)c(OCC2CC2)c(F)c1. The topological polar surface area (TPSA) is 69.4 Å². The van der Waals surface area contributed by atoms with Crippen LogP contribution in [0, 0.1) is 17.6 Å². The lowest BCUT2D eigenvalue weighted by Gasteiger charge is -2.08. The average Bonchev–Trinajstić information content (AvgIpc) is 2.98. The van der Waals surface area contributed by atoms with Gasteiger partial charge in [-0.3, -0.25) is 0 Å². The van der Waals surface area contributed by atoms with Crippen molar-refractivity contribution in [3.05, 3.63) is 23.8 Å². The smallest absolute Gasteiger partial charge is 0.238 e. The van der Waals surface area contributed by atoms with Gasteiger partial charge in [-0.1, -0.05) is 0 Å². The van der Waals surface area contributed by atoms with Crippen LogP contribution in [-0.4, -0.2) is 15.0 Å². The molecule has 1 aliphatic carbocycles. The summed E-state index contributed by atoms with van der Waals surface area (Å²) >= 11 is 0. The molecular weight excluding hydrogens is 252 g/mol. The molecule has 2 rings (SSSR count). The standard InChI is InChI=1S/C10H11F2NO3S/c11-8-3-7(17(13,14)15)4-9(12)10(8)16-5-6-1-2-6/h3-4,6H,1-2,5H2,(H2,13,14,15). The van der Waals surface area contributed by atoms with E-state index < -0.39 is 32.3 Å². The normalized spacial score (nSPS) is 15.9. The van der Waals surface area contributed by atoms with Crippen molar-refractivity contribution in [3.63, 3.8) is 0 Å². The second-order valence-electron chi connectivity index (χ2n) is 4.02. The van der Waals surface area contributed by atoms with Crippen molar-refractivity contribution in [1.29, 1.82) is 0 Å². The molecule has 0 saturated heterocycles. The van der Waals surface area contributed by atoms with Crippen LogP contribution in [0.25, 0.3) is 0 Å². The van der Waals surface area contributed by atoms with Crippen LogP contribution in [0.4, 0.5) is 8.78 Å². The molecule has 0 spiro atoms. The van der Waals surface area contributed by atoms with Gasteiger partial charge in [-0.05, 0) is 30.9 Å². The van der Waals surface area contributed by atoms with E-state index in [2.05, 4.69) is 0 Å². The van der Waals surface area contributed by atoms with Crippen LogP contribution >= 0.6 is 0 Å². The van der Waals surface area contributed by atoms with Gasteiger partial charge in [0.25, 0.3) is 0 Å². The number of hydrogen-bond donors (Lipinski definition) is 1. The van der Waals surface area contributed by atoms with Gasteiger partial charge < -0.3 is 4.74 Å². The minimum atomic E-state index is -4.12. The Morgan fingerprint density at radius 1 is 1.29 bits per heavy atom. The van der Waals surface area contributed by atoms with E-state index in [1.807, 2.05) is 0 Å². The molecule has 4 nitrogen and oxygen atoms in total. The number of nitrogens with two attached hydrogens (primary N) is 1. The minimum Gasteiger partial charge on any atom is -0.487 e. The Kier molecular flexibility index (Phi) is 3.05. The van der Waals surface area contributed by atoms with E-state index in [-0.39, 0.29) is 6.61 Å². The van der Waals surface area contributed by atoms with Gasteiger partial charge in [-0.15, -0.1) is 0 Å². The summed E-state index contributed by atoms with van der Waals surface area (Å²) in [7, 11) is -4.12. The Morgan fingerprint density at radius 2 is 1.82 bits per heavy atom. The van der Waals surface area contributed by atoms with E-state index in [4.69, 9.17) is 9.88 Å². The van der Waals surface area contributed by atoms with Crippen molar-refractivity contribution in [2.24, 2.45) is 11.1 Å². The molecule has 7 heteroatoms. The van der Waals surface area contributed by atoms with E-state index in [1.54, 1.807) is 0 Å². The van der Waals surface area contributed by atoms with Crippen molar-refractivity contribution in [1.82, 2.24) is 0 Å². The zero-order valence-corrected chi connectivity index (χ0v) is 9.64. The summed E-state index contributed by atoms with van der Waals surface area (Å²) in [5, 5.41) is 4.77. The summed E-state index contributed by atoms with van der Waals surface area (Å²) < 4.78 is 53.7. The zero-order valence-electron chi connectivity index (χ0n) is 8.82. The first kappa shape index (κ1) is 12.3. The van der Waals surface area contributed by atoms with Gasteiger partial charge in [0.15, 0.2) is 17.4 Å². The lowest BCUT2D eigenvalue weighted by Crippen LogP contribution is -2.13. The van der Waals surface area contributed by atoms with Crippen LogP contribution in [0.1, 0.15) is 12.8 Å². The van der Waals surface area contributed by atoms with E-state index >= 15 is 0 Å². The predicted molar refractivity (Wildman–Crippen MR) is 56.0 cm³/mol. The predicted octanol–water partition coefficient (Wildman–Crippen LogP) is 1.40. The van der Waals surface area contributed by atoms with Crippen molar-refractivity contribution >= 4 is 10.0 Å². The Labute approximate surface area is 97.4 Å². The van der Waals surface area contributed by atoms with Crippen molar-refractivity contribution in [3.8, 4) is 5.75 Å². The van der Waals surface area contributed by atoms with E-state index in [1.165, 1.54) is 0 Å². The maximum atomic E-state index is 13.4. The van der Waals surface area contributed by atoms with Gasteiger partial charge in [-0.25, -0.2) is 22.3 Å². The second kappa shape index (κ2) is 4.23. The third-order valence-electron chi connectivity index (χ3n) is 2.46. The van der Waals surface area contributed by atoms with Crippen molar-refractivity contribution in [2.75, 3.05) is 6.61 Å². The lowest BCUT2D eigenvalue weighted by molar-refractivity contribution is 0.269. The molecule has 94 valence electrons. The molecule has 1 aromatic rings. The van der Waals surface area contributed by atoms with E-state index in [0.717, 1.165) is 12.8 Å². The third-order valence-corrected chi connectivity index (χ3v) is 3.35. The molecule has 0 unspecified atom stereocenters. The summed E-state index contributed by atoms with van der Waals surface area (Å²) in [4.78, 5) is -0.605. The summed E-state index contributed by atoms with van der Waals surface area (Å²) in [5.74, 6) is -2.33. The highest BCUT2D eigenvalue weighted by Crippen LogP contribution is 2.31. The Morgan fingerprint density at radius 3 is 2.24 bits per heavy atom. The third kappa shape index (κ3) is 2.92. The van der Waals surface area contributed by atoms with Crippen LogP contribution in [0.2, 0.25) is 0 Å². The van der Waals surface area contributed by atoms with Crippen LogP contribution < -0.4 is 9.88 Å². The summed E-state index contributed by atoms with van der Waals surface area (Å²) in [6.07, 6.45) is 1.97. The molecule has 0 amide bonds. The molecular formula is C10H11F2NO3S. The fourth-order valence-corrected chi connectivity index (χ4v) is 1.86. The largest absolute Gasteiger partial charge is 0.487 e. The molecule has 1 aromatic carbocycles. The first-order valence-corrected chi connectivity index (χ1v) is 6.57. The molecule has 1 aliphatic rings. The first-order chi connectivity index (χ1) is 7.88. The fourth-order valence-electron chi connectivity index (χ4n) is 1.32. The Hall–Kier alpha value is -1.21. The Balaban J connectivity index is 2.27. The summed E-state index contributed by atoms with van der Waals surface area (Å²) in [5.41, 5.74) is 0. The lowest BCUT2D eigenvalue weighted by atomic mass is 10.3. The second-order valence-corrected chi connectivity index (χ2v) is 5.58. The minimum absolute atomic E-state index is 0.239. The maximum absolute atomic E-state index is 13.4. The Bertz CT molecular complexity index is 517. The highest BCUT2D eigenvalue weighted by molar-refractivity contribution is 7.89. The highest BCUT2D eigenvalue weighted by atomic mass is 32.2. The van der Waals surface area contributed by atoms with E-state index in [9.17, 15) is 17.2 Å². The summed E-state index contributed by atoms with van der Waals surface area (Å²) in [6.45, 7) is 0.239. The van der Waals surface area contributed by atoms with Gasteiger partial charge >= 0.3 is 0 Å². The number of rotatable bonds is 4. The molecule has 0 aromatic heterocycles. The van der Waals surface area contributed by atoms with Gasteiger partial charge in [0.05, 0.1) is 11.5 Å². The molecule has 0 bridgehead atoms. The average molecular weight is 263 g/mol. The number of hydrogen-bond acceptors (Lipinski definition) is 3. The molecule has 2 N–H and O–H groups in total. The highest BCUT2D eigenvalue weighted by Gasteiger charge is 2.24. The van der Waals surface area contributed by atoms with Gasteiger partial charge in [0.2, 0.25) is 10.0 Å². The van der Waals surface area contributed by atoms with Gasteiger partial charge in [0, 0.05) is 0 Å². The molecule has 0 aliphatic heterocycles. The molecule has 1 saturated carbocycles. The van der Waals surface area contributed by atoms with Gasteiger partial charge in [-0.2, -0.15) is 0 Å². The van der Waals surface area contributed by atoms with Crippen LogP contribution in [0.5, 0.6) is 5.75 Å². The van der Waals surface area contributed by atoms with Crippen molar-refractivity contribution in [2.45, 2.75) is 17.7 Å². The number of primary sulfonamides is 1. The number of ether oxygens (including phenoxy) is 1. The molecule has 0 heterocycles. The number of benzene rings is 1. The zero-order chi connectivity index (χ0) is 12.6. The molecule has 0 radical (unpaired) electrons. The monoisotopic (exact) mass is 263 g/mol. The summed E-state index contributed by atoms with van der Waals surface area (Å²) in [6, 6.07) is 1.31. The maximum Gasteiger partial charge on any atom is 0.238 e. The first-order valence-electron chi connectivity index (χ1n) is 5.02. The molecule has 1 fully saturated rings. The van der Waals surface area contributed by atoms with Crippen molar-refractivity contribution < 1.29 is 21.9 Å². The van der Waals surface area contributed by atoms with Gasteiger partial charge in [0.1, 0.15) is 0 Å². The van der Waals surface area contributed by atoms with E-state index in [0.29, 0.717) is 18.1 Å². The van der Waals surface area contributed by atoms with Crippen LogP contribution in [0.15, 0.2) is 17.0 Å². The van der Waals surface area contributed by atoms with Crippen LogP contribution in [0.3, 0.4) is 0 Å². The molecule has 0 atom stereocenters. The number of halogens is 2. The quantitative estimate of drug-likeness (QED) is 0.892. The van der Waals surface area contributed by atoms with Crippen LogP contribution in [-0.2, 0) is 10.0 Å². The molecule has 17 heavy (non-hydrogen) atoms.